The zero-order valence-corrected chi connectivity index (χ0v) is 7.92. The first kappa shape index (κ1) is 8.69. The van der Waals surface area contributed by atoms with Gasteiger partial charge in [-0.2, -0.15) is 0 Å². The number of rotatable bonds is 0. The molecule has 2 N–H and O–H groups in total. The van der Waals surface area contributed by atoms with Gasteiger partial charge in [-0.05, 0) is 31.0 Å². The second-order valence-corrected chi connectivity index (χ2v) is 3.30. The van der Waals surface area contributed by atoms with Crippen molar-refractivity contribution in [3.8, 4) is 0 Å². The van der Waals surface area contributed by atoms with Crippen molar-refractivity contribution in [2.75, 3.05) is 5.73 Å². The molecule has 0 aliphatic carbocycles. The van der Waals surface area contributed by atoms with E-state index in [1.54, 1.807) is 6.07 Å². The molecule has 0 amide bonds. The van der Waals surface area contributed by atoms with Crippen LogP contribution in [0.15, 0.2) is 6.07 Å². The van der Waals surface area contributed by atoms with E-state index in [2.05, 4.69) is 0 Å². The molecule has 0 aromatic heterocycles. The zero-order valence-electron chi connectivity index (χ0n) is 6.41. The van der Waals surface area contributed by atoms with E-state index in [9.17, 15) is 0 Å². The SMILES string of the molecule is Cc1c(Cl)cc(N)c(Cl)c1C. The summed E-state index contributed by atoms with van der Waals surface area (Å²) in [5, 5.41) is 1.27. The summed E-state index contributed by atoms with van der Waals surface area (Å²) < 4.78 is 0. The van der Waals surface area contributed by atoms with Crippen molar-refractivity contribution in [3.63, 3.8) is 0 Å². The van der Waals surface area contributed by atoms with Crippen LogP contribution in [0.4, 0.5) is 5.69 Å². The molecule has 60 valence electrons. The van der Waals surface area contributed by atoms with Gasteiger partial charge in [-0.3, -0.25) is 0 Å². The molecule has 0 radical (unpaired) electrons. The molecule has 0 heterocycles. The Morgan fingerprint density at radius 3 is 2.27 bits per heavy atom. The van der Waals surface area contributed by atoms with Crippen LogP contribution in [0.25, 0.3) is 0 Å². The van der Waals surface area contributed by atoms with Crippen LogP contribution in [0.3, 0.4) is 0 Å². The van der Waals surface area contributed by atoms with E-state index in [1.807, 2.05) is 13.8 Å². The molecule has 1 nitrogen and oxygen atoms in total. The van der Waals surface area contributed by atoms with Crippen LogP contribution in [-0.4, -0.2) is 0 Å². The van der Waals surface area contributed by atoms with Crippen LogP contribution in [0.2, 0.25) is 10.0 Å². The first-order chi connectivity index (χ1) is 5.04. The molecular weight excluding hydrogens is 181 g/mol. The van der Waals surface area contributed by atoms with Gasteiger partial charge in [0.2, 0.25) is 0 Å². The van der Waals surface area contributed by atoms with Gasteiger partial charge in [0.1, 0.15) is 0 Å². The van der Waals surface area contributed by atoms with Crippen molar-refractivity contribution in [1.29, 1.82) is 0 Å². The highest BCUT2D eigenvalue weighted by molar-refractivity contribution is 6.36. The van der Waals surface area contributed by atoms with E-state index >= 15 is 0 Å². The standard InChI is InChI=1S/C8H9Cl2N/c1-4-5(2)8(10)7(11)3-6(4)9/h3H,11H2,1-2H3. The third-order valence-electron chi connectivity index (χ3n) is 1.79. The molecule has 0 saturated carbocycles. The molecule has 0 saturated heterocycles. The Labute approximate surface area is 76.1 Å². The lowest BCUT2D eigenvalue weighted by Crippen LogP contribution is -1.92. The molecule has 0 aliphatic heterocycles. The van der Waals surface area contributed by atoms with Crippen molar-refractivity contribution < 1.29 is 0 Å². The second-order valence-electron chi connectivity index (χ2n) is 2.51. The summed E-state index contributed by atoms with van der Waals surface area (Å²) in [5.74, 6) is 0. The predicted molar refractivity (Wildman–Crippen MR) is 50.3 cm³/mol. The van der Waals surface area contributed by atoms with E-state index in [4.69, 9.17) is 28.9 Å². The van der Waals surface area contributed by atoms with Gasteiger partial charge in [0.25, 0.3) is 0 Å². The van der Waals surface area contributed by atoms with Crippen molar-refractivity contribution in [3.05, 3.63) is 27.2 Å². The summed E-state index contributed by atoms with van der Waals surface area (Å²) >= 11 is 11.7. The first-order valence-electron chi connectivity index (χ1n) is 3.24. The molecule has 0 spiro atoms. The second kappa shape index (κ2) is 2.92. The monoisotopic (exact) mass is 189 g/mol. The van der Waals surface area contributed by atoms with Crippen molar-refractivity contribution in [1.82, 2.24) is 0 Å². The Bertz CT molecular complexity index is 268. The number of nitrogen functional groups attached to an aromatic ring is 1. The fraction of sp³-hybridized carbons (Fsp3) is 0.250. The Morgan fingerprint density at radius 2 is 1.73 bits per heavy atom. The molecule has 1 aromatic rings. The highest BCUT2D eigenvalue weighted by Crippen LogP contribution is 2.30. The van der Waals surface area contributed by atoms with Gasteiger partial charge in [0, 0.05) is 5.02 Å². The number of nitrogens with two attached hydrogens (primary N) is 1. The highest BCUT2D eigenvalue weighted by Gasteiger charge is 2.06. The van der Waals surface area contributed by atoms with Gasteiger partial charge in [-0.25, -0.2) is 0 Å². The largest absolute Gasteiger partial charge is 0.397 e. The van der Waals surface area contributed by atoms with Crippen LogP contribution >= 0.6 is 23.2 Å². The molecule has 0 aliphatic rings. The molecule has 1 rings (SSSR count). The molecule has 1 aromatic carbocycles. The normalized spacial score (nSPS) is 10.2. The lowest BCUT2D eigenvalue weighted by molar-refractivity contribution is 1.34. The van der Waals surface area contributed by atoms with E-state index in [-0.39, 0.29) is 0 Å². The van der Waals surface area contributed by atoms with E-state index < -0.39 is 0 Å². The Hall–Kier alpha value is -0.400. The van der Waals surface area contributed by atoms with E-state index in [0.29, 0.717) is 15.7 Å². The summed E-state index contributed by atoms with van der Waals surface area (Å²) in [6.45, 7) is 3.82. The van der Waals surface area contributed by atoms with Crippen molar-refractivity contribution in [2.45, 2.75) is 13.8 Å². The maximum atomic E-state index is 5.87. The van der Waals surface area contributed by atoms with Gasteiger partial charge >= 0.3 is 0 Å². The summed E-state index contributed by atoms with van der Waals surface area (Å²) in [6, 6.07) is 1.67. The van der Waals surface area contributed by atoms with Gasteiger partial charge in [0.05, 0.1) is 10.7 Å². The van der Waals surface area contributed by atoms with Crippen LogP contribution in [0, 0.1) is 13.8 Å². The molecule has 11 heavy (non-hydrogen) atoms. The smallest absolute Gasteiger partial charge is 0.0668 e. The Morgan fingerprint density at radius 1 is 1.18 bits per heavy atom. The summed E-state index contributed by atoms with van der Waals surface area (Å²) in [5.41, 5.74) is 8.06. The highest BCUT2D eigenvalue weighted by atomic mass is 35.5. The van der Waals surface area contributed by atoms with Crippen LogP contribution in [0.5, 0.6) is 0 Å². The minimum absolute atomic E-state index is 0.541. The van der Waals surface area contributed by atoms with Gasteiger partial charge in [-0.15, -0.1) is 0 Å². The maximum absolute atomic E-state index is 5.87. The van der Waals surface area contributed by atoms with Gasteiger partial charge in [0.15, 0.2) is 0 Å². The molecule has 0 bridgehead atoms. The number of hydrogen-bond acceptors (Lipinski definition) is 1. The predicted octanol–water partition coefficient (Wildman–Crippen LogP) is 3.19. The molecule has 3 heteroatoms. The average Bonchev–Trinajstić information content (AvgIpc) is 1.97. The van der Waals surface area contributed by atoms with E-state index in [1.165, 1.54) is 0 Å². The molecule has 0 unspecified atom stereocenters. The molecule has 0 atom stereocenters. The number of hydrogen-bond donors (Lipinski definition) is 1. The van der Waals surface area contributed by atoms with Crippen LogP contribution < -0.4 is 5.73 Å². The number of anilines is 1. The number of benzene rings is 1. The lowest BCUT2D eigenvalue weighted by Gasteiger charge is -2.07. The van der Waals surface area contributed by atoms with Crippen molar-refractivity contribution >= 4 is 28.9 Å². The van der Waals surface area contributed by atoms with Crippen molar-refractivity contribution in [2.24, 2.45) is 0 Å². The van der Waals surface area contributed by atoms with Crippen LogP contribution in [0.1, 0.15) is 11.1 Å². The molecular formula is C8H9Cl2N. The van der Waals surface area contributed by atoms with Gasteiger partial charge < -0.3 is 5.73 Å². The minimum Gasteiger partial charge on any atom is -0.397 e. The summed E-state index contributed by atoms with van der Waals surface area (Å²) in [7, 11) is 0. The average molecular weight is 190 g/mol. The summed E-state index contributed by atoms with van der Waals surface area (Å²) in [4.78, 5) is 0. The van der Waals surface area contributed by atoms with E-state index in [0.717, 1.165) is 11.1 Å². The fourth-order valence-electron chi connectivity index (χ4n) is 0.868. The topological polar surface area (TPSA) is 26.0 Å². The Kier molecular flexibility index (Phi) is 2.31. The third kappa shape index (κ3) is 1.44. The lowest BCUT2D eigenvalue weighted by atomic mass is 10.1. The first-order valence-corrected chi connectivity index (χ1v) is 4.00. The maximum Gasteiger partial charge on any atom is 0.0668 e. The zero-order chi connectivity index (χ0) is 8.59. The van der Waals surface area contributed by atoms with Gasteiger partial charge in [-0.1, -0.05) is 23.2 Å². The fourth-order valence-corrected chi connectivity index (χ4v) is 1.32. The Balaban J connectivity index is 3.46. The number of halogens is 2. The quantitative estimate of drug-likeness (QED) is 0.624. The minimum atomic E-state index is 0.541. The molecule has 0 fully saturated rings. The third-order valence-corrected chi connectivity index (χ3v) is 2.68. The van der Waals surface area contributed by atoms with Crippen LogP contribution in [-0.2, 0) is 0 Å². The summed E-state index contributed by atoms with van der Waals surface area (Å²) in [6.07, 6.45) is 0.